The monoisotopic (exact) mass is 240 g/mol. The summed E-state index contributed by atoms with van der Waals surface area (Å²) in [6, 6.07) is 3.53. The molecule has 0 saturated heterocycles. The van der Waals surface area contributed by atoms with E-state index < -0.39 is 11.7 Å². The van der Waals surface area contributed by atoms with E-state index in [2.05, 4.69) is 0 Å². The van der Waals surface area contributed by atoms with E-state index in [1.807, 2.05) is 27.7 Å². The molecule has 1 aromatic heterocycles. The van der Waals surface area contributed by atoms with Gasteiger partial charge in [0.25, 0.3) is 0 Å². The van der Waals surface area contributed by atoms with Crippen molar-refractivity contribution in [3.8, 4) is 0 Å². The van der Waals surface area contributed by atoms with Gasteiger partial charge in [-0.2, -0.15) is 0 Å². The van der Waals surface area contributed by atoms with Crippen LogP contribution in [0.3, 0.4) is 0 Å². The van der Waals surface area contributed by atoms with E-state index in [0.29, 0.717) is 19.0 Å². The number of anilines is 1. The maximum atomic E-state index is 11.9. The van der Waals surface area contributed by atoms with Crippen molar-refractivity contribution in [2.45, 2.75) is 33.3 Å². The van der Waals surface area contributed by atoms with Gasteiger partial charge in [-0.25, -0.2) is 9.69 Å². The number of rotatable bonds is 3. The van der Waals surface area contributed by atoms with Gasteiger partial charge in [-0.3, -0.25) is 0 Å². The summed E-state index contributed by atoms with van der Waals surface area (Å²) in [6.07, 6.45) is -0.447. The second-order valence-electron chi connectivity index (χ2n) is 4.80. The molecular weight excluding hydrogens is 220 g/mol. The molecule has 0 bridgehead atoms. The van der Waals surface area contributed by atoms with Crippen LogP contribution in [0, 0.1) is 6.92 Å². The Morgan fingerprint density at radius 3 is 2.53 bits per heavy atom. The average Bonchev–Trinajstić information content (AvgIpc) is 2.58. The molecule has 17 heavy (non-hydrogen) atoms. The van der Waals surface area contributed by atoms with Crippen molar-refractivity contribution in [3.05, 3.63) is 17.9 Å². The largest absolute Gasteiger partial charge is 0.445 e. The van der Waals surface area contributed by atoms with Gasteiger partial charge in [0, 0.05) is 19.2 Å². The van der Waals surface area contributed by atoms with Crippen molar-refractivity contribution < 1.29 is 13.9 Å². The minimum absolute atomic E-state index is 0.346. The molecule has 1 amide bonds. The van der Waals surface area contributed by atoms with Crippen LogP contribution in [0.4, 0.5) is 10.7 Å². The van der Waals surface area contributed by atoms with E-state index in [1.54, 1.807) is 12.1 Å². The van der Waals surface area contributed by atoms with E-state index in [0.717, 1.165) is 5.76 Å². The molecule has 0 aromatic carbocycles. The van der Waals surface area contributed by atoms with Crippen LogP contribution in [-0.2, 0) is 4.74 Å². The summed E-state index contributed by atoms with van der Waals surface area (Å²) < 4.78 is 10.7. The molecule has 1 rings (SSSR count). The van der Waals surface area contributed by atoms with Crippen LogP contribution in [0.15, 0.2) is 16.5 Å². The van der Waals surface area contributed by atoms with Gasteiger partial charge in [0.15, 0.2) is 0 Å². The zero-order valence-corrected chi connectivity index (χ0v) is 10.8. The Labute approximate surface area is 102 Å². The Bertz CT molecular complexity index is 379. The molecule has 5 nitrogen and oxygen atoms in total. The summed E-state index contributed by atoms with van der Waals surface area (Å²) >= 11 is 0. The average molecular weight is 240 g/mol. The fourth-order valence-corrected chi connectivity index (χ4v) is 1.30. The molecule has 0 fully saturated rings. The van der Waals surface area contributed by atoms with Gasteiger partial charge in [-0.1, -0.05) is 0 Å². The van der Waals surface area contributed by atoms with E-state index in [4.69, 9.17) is 14.9 Å². The van der Waals surface area contributed by atoms with Crippen molar-refractivity contribution >= 4 is 12.0 Å². The minimum atomic E-state index is -0.536. The number of nitrogens with zero attached hydrogens (tertiary/aromatic N) is 1. The molecule has 5 heteroatoms. The number of carbonyl (C=O) groups excluding carboxylic acids is 1. The van der Waals surface area contributed by atoms with E-state index in [1.165, 1.54) is 4.90 Å². The van der Waals surface area contributed by atoms with E-state index >= 15 is 0 Å². The Hall–Kier alpha value is -1.49. The van der Waals surface area contributed by atoms with Crippen LogP contribution in [-0.4, -0.2) is 24.8 Å². The molecule has 0 spiro atoms. The van der Waals surface area contributed by atoms with Crippen LogP contribution in [0.1, 0.15) is 26.5 Å². The summed E-state index contributed by atoms with van der Waals surface area (Å²) in [5, 5.41) is 0. The van der Waals surface area contributed by atoms with Crippen molar-refractivity contribution in [2.75, 3.05) is 18.0 Å². The fraction of sp³-hybridized carbons (Fsp3) is 0.583. The number of aryl methyl sites for hydroxylation is 1. The Balaban J connectivity index is 2.82. The number of furan rings is 1. The lowest BCUT2D eigenvalue weighted by atomic mass is 10.2. The maximum Gasteiger partial charge on any atom is 0.417 e. The molecule has 0 radical (unpaired) electrons. The second-order valence-corrected chi connectivity index (χ2v) is 4.80. The van der Waals surface area contributed by atoms with Crippen LogP contribution >= 0.6 is 0 Å². The third-order valence-corrected chi connectivity index (χ3v) is 1.96. The number of hydrogen-bond acceptors (Lipinski definition) is 4. The molecule has 0 atom stereocenters. The number of amides is 1. The van der Waals surface area contributed by atoms with Gasteiger partial charge >= 0.3 is 6.09 Å². The molecule has 1 heterocycles. The van der Waals surface area contributed by atoms with Crippen molar-refractivity contribution in [2.24, 2.45) is 5.73 Å². The standard InChI is InChI=1S/C12H20N2O3/c1-9-5-6-10(16-9)14(8-7-13)11(15)17-12(2,3)4/h5-6H,7-8,13H2,1-4H3. The van der Waals surface area contributed by atoms with E-state index in [9.17, 15) is 4.79 Å². The molecule has 96 valence electrons. The highest BCUT2D eigenvalue weighted by Gasteiger charge is 2.24. The molecule has 0 unspecified atom stereocenters. The number of nitrogens with two attached hydrogens (primary N) is 1. The van der Waals surface area contributed by atoms with Crippen LogP contribution in [0.5, 0.6) is 0 Å². The zero-order valence-electron chi connectivity index (χ0n) is 10.8. The molecule has 0 aliphatic heterocycles. The number of carbonyl (C=O) groups is 1. The first kappa shape index (κ1) is 13.6. The Kier molecular flexibility index (Phi) is 4.17. The third-order valence-electron chi connectivity index (χ3n) is 1.96. The predicted octanol–water partition coefficient (Wildman–Crippen LogP) is 2.29. The SMILES string of the molecule is Cc1ccc(N(CCN)C(=O)OC(C)(C)C)o1. The first-order chi connectivity index (χ1) is 7.83. The smallest absolute Gasteiger partial charge is 0.417 e. The molecule has 0 aliphatic carbocycles. The lowest BCUT2D eigenvalue weighted by molar-refractivity contribution is 0.0575. The quantitative estimate of drug-likeness (QED) is 0.880. The van der Waals surface area contributed by atoms with Gasteiger partial charge in [0.1, 0.15) is 11.4 Å². The Morgan fingerprint density at radius 2 is 2.12 bits per heavy atom. The predicted molar refractivity (Wildman–Crippen MR) is 66.1 cm³/mol. The van der Waals surface area contributed by atoms with Crippen LogP contribution < -0.4 is 10.6 Å². The second kappa shape index (κ2) is 5.23. The summed E-state index contributed by atoms with van der Waals surface area (Å²) in [7, 11) is 0. The van der Waals surface area contributed by atoms with Crippen molar-refractivity contribution in [1.29, 1.82) is 0 Å². The molecule has 0 aliphatic rings. The molecule has 1 aromatic rings. The third kappa shape index (κ3) is 4.11. The summed E-state index contributed by atoms with van der Waals surface area (Å²) in [5.74, 6) is 1.20. The first-order valence-corrected chi connectivity index (χ1v) is 5.60. The molecule has 0 saturated carbocycles. The van der Waals surface area contributed by atoms with Crippen LogP contribution in [0.25, 0.3) is 0 Å². The van der Waals surface area contributed by atoms with Crippen molar-refractivity contribution in [1.82, 2.24) is 0 Å². The lowest BCUT2D eigenvalue weighted by Gasteiger charge is -2.25. The normalized spacial score (nSPS) is 11.4. The summed E-state index contributed by atoms with van der Waals surface area (Å²) in [6.45, 7) is 7.98. The van der Waals surface area contributed by atoms with Crippen molar-refractivity contribution in [3.63, 3.8) is 0 Å². The summed E-state index contributed by atoms with van der Waals surface area (Å²) in [5.41, 5.74) is 4.95. The first-order valence-electron chi connectivity index (χ1n) is 5.60. The van der Waals surface area contributed by atoms with E-state index in [-0.39, 0.29) is 0 Å². The Morgan fingerprint density at radius 1 is 1.47 bits per heavy atom. The molecular formula is C12H20N2O3. The summed E-state index contributed by atoms with van der Waals surface area (Å²) in [4.78, 5) is 13.3. The topological polar surface area (TPSA) is 68.7 Å². The minimum Gasteiger partial charge on any atom is -0.445 e. The maximum absolute atomic E-state index is 11.9. The van der Waals surface area contributed by atoms with Gasteiger partial charge in [0.05, 0.1) is 0 Å². The lowest BCUT2D eigenvalue weighted by Crippen LogP contribution is -2.39. The highest BCUT2D eigenvalue weighted by atomic mass is 16.6. The zero-order chi connectivity index (χ0) is 13.1. The van der Waals surface area contributed by atoms with Gasteiger partial charge in [-0.05, 0) is 33.8 Å². The van der Waals surface area contributed by atoms with Crippen LogP contribution in [0.2, 0.25) is 0 Å². The highest BCUT2D eigenvalue weighted by molar-refractivity contribution is 5.86. The number of hydrogen-bond donors (Lipinski definition) is 1. The fourth-order valence-electron chi connectivity index (χ4n) is 1.30. The number of ether oxygens (including phenoxy) is 1. The van der Waals surface area contributed by atoms with Gasteiger partial charge in [-0.15, -0.1) is 0 Å². The van der Waals surface area contributed by atoms with Gasteiger partial charge < -0.3 is 14.9 Å². The molecule has 2 N–H and O–H groups in total. The van der Waals surface area contributed by atoms with Gasteiger partial charge in [0.2, 0.25) is 5.88 Å². The highest BCUT2D eigenvalue weighted by Crippen LogP contribution is 2.20.